The molecule has 0 spiro atoms. The topological polar surface area (TPSA) is 21.3 Å². The number of aryl methyl sites for hydroxylation is 1. The molecule has 0 amide bonds. The Morgan fingerprint density at radius 2 is 1.90 bits per heavy atom. The second-order valence-corrected chi connectivity index (χ2v) is 5.22. The normalized spacial score (nSPS) is 12.0. The highest BCUT2D eigenvalue weighted by molar-refractivity contribution is 6.31. The summed E-state index contributed by atoms with van der Waals surface area (Å²) < 4.78 is 5.42. The molecular weight excluding hydrogens is 270 g/mol. The van der Waals surface area contributed by atoms with Crippen molar-refractivity contribution in [3.8, 4) is 5.75 Å². The van der Waals surface area contributed by atoms with E-state index >= 15 is 0 Å². The van der Waals surface area contributed by atoms with Crippen molar-refractivity contribution in [1.29, 1.82) is 0 Å². The van der Waals surface area contributed by atoms with Crippen molar-refractivity contribution in [2.24, 2.45) is 0 Å². The quantitative estimate of drug-likeness (QED) is 0.815. The monoisotopic (exact) mass is 289 g/mol. The highest BCUT2D eigenvalue weighted by Gasteiger charge is 2.13. The van der Waals surface area contributed by atoms with E-state index < -0.39 is 0 Å². The lowest BCUT2D eigenvalue weighted by atomic mass is 10.0. The number of nitrogens with one attached hydrogen (secondary N) is 1. The van der Waals surface area contributed by atoms with Crippen molar-refractivity contribution in [2.45, 2.75) is 26.3 Å². The third kappa shape index (κ3) is 3.26. The van der Waals surface area contributed by atoms with Crippen LogP contribution >= 0.6 is 11.6 Å². The molecule has 2 aromatic rings. The average molecular weight is 290 g/mol. The van der Waals surface area contributed by atoms with Gasteiger partial charge in [0.1, 0.15) is 5.75 Å². The maximum Gasteiger partial charge on any atom is 0.143 e. The Kier molecular flexibility index (Phi) is 4.91. The number of rotatable bonds is 5. The maximum absolute atomic E-state index is 6.14. The van der Waals surface area contributed by atoms with Gasteiger partial charge < -0.3 is 10.1 Å². The Morgan fingerprint density at radius 1 is 1.20 bits per heavy atom. The van der Waals surface area contributed by atoms with Crippen LogP contribution in [0.2, 0.25) is 5.02 Å². The Bertz CT molecular complexity index is 569. The van der Waals surface area contributed by atoms with Crippen molar-refractivity contribution in [3.63, 3.8) is 0 Å². The van der Waals surface area contributed by atoms with Gasteiger partial charge in [0.2, 0.25) is 0 Å². The van der Waals surface area contributed by atoms with Gasteiger partial charge in [0.05, 0.1) is 18.8 Å². The minimum Gasteiger partial charge on any atom is -0.495 e. The van der Waals surface area contributed by atoms with E-state index in [0.29, 0.717) is 0 Å². The Morgan fingerprint density at radius 3 is 2.50 bits per heavy atom. The van der Waals surface area contributed by atoms with Crippen LogP contribution in [0.5, 0.6) is 5.75 Å². The molecular formula is C17H20ClNO. The molecule has 106 valence electrons. The maximum atomic E-state index is 6.14. The molecule has 20 heavy (non-hydrogen) atoms. The van der Waals surface area contributed by atoms with Crippen LogP contribution in [-0.4, -0.2) is 7.11 Å². The zero-order valence-electron chi connectivity index (χ0n) is 12.1. The molecule has 0 aromatic heterocycles. The summed E-state index contributed by atoms with van der Waals surface area (Å²) in [5.74, 6) is 0.773. The number of halogens is 1. The Labute approximate surface area is 125 Å². The summed E-state index contributed by atoms with van der Waals surface area (Å²) in [4.78, 5) is 0. The predicted molar refractivity (Wildman–Crippen MR) is 85.8 cm³/mol. The molecule has 3 heteroatoms. The van der Waals surface area contributed by atoms with Crippen molar-refractivity contribution >= 4 is 17.3 Å². The summed E-state index contributed by atoms with van der Waals surface area (Å²) >= 11 is 6.14. The van der Waals surface area contributed by atoms with Crippen LogP contribution in [0.1, 0.15) is 30.5 Å². The molecule has 0 aliphatic carbocycles. The Hall–Kier alpha value is -1.67. The minimum atomic E-state index is 0.255. The average Bonchev–Trinajstić information content (AvgIpc) is 2.48. The molecule has 2 nitrogen and oxygen atoms in total. The van der Waals surface area contributed by atoms with E-state index in [0.717, 1.165) is 28.4 Å². The molecule has 0 aliphatic heterocycles. The first kappa shape index (κ1) is 14.7. The van der Waals surface area contributed by atoms with E-state index in [1.54, 1.807) is 7.11 Å². The van der Waals surface area contributed by atoms with Gasteiger partial charge in [-0.05, 0) is 30.5 Å². The van der Waals surface area contributed by atoms with Crippen LogP contribution in [0, 0.1) is 6.92 Å². The zero-order chi connectivity index (χ0) is 14.5. The minimum absolute atomic E-state index is 0.255. The first-order chi connectivity index (χ1) is 9.65. The molecule has 2 rings (SSSR count). The number of hydrogen-bond donors (Lipinski definition) is 1. The molecule has 0 bridgehead atoms. The van der Waals surface area contributed by atoms with Crippen LogP contribution < -0.4 is 10.1 Å². The molecule has 0 heterocycles. The number of ether oxygens (including phenoxy) is 1. The molecule has 0 aliphatic rings. The van der Waals surface area contributed by atoms with Crippen LogP contribution in [0.4, 0.5) is 5.69 Å². The van der Waals surface area contributed by atoms with E-state index in [-0.39, 0.29) is 6.04 Å². The Balaban J connectivity index is 2.30. The van der Waals surface area contributed by atoms with E-state index in [1.807, 2.05) is 25.1 Å². The third-order valence-corrected chi connectivity index (χ3v) is 3.83. The third-order valence-electron chi connectivity index (χ3n) is 3.42. The summed E-state index contributed by atoms with van der Waals surface area (Å²) in [6.07, 6.45) is 0.995. The smallest absolute Gasteiger partial charge is 0.143 e. The van der Waals surface area contributed by atoms with Crippen LogP contribution in [0.15, 0.2) is 42.5 Å². The van der Waals surface area contributed by atoms with E-state index in [1.165, 1.54) is 5.56 Å². The molecule has 2 aromatic carbocycles. The fourth-order valence-corrected chi connectivity index (χ4v) is 2.39. The van der Waals surface area contributed by atoms with Crippen LogP contribution in [0.3, 0.4) is 0 Å². The van der Waals surface area contributed by atoms with Gasteiger partial charge in [0.15, 0.2) is 0 Å². The molecule has 1 N–H and O–H groups in total. The molecule has 0 fully saturated rings. The van der Waals surface area contributed by atoms with Crippen molar-refractivity contribution in [1.82, 2.24) is 0 Å². The molecule has 0 radical (unpaired) electrons. The standard InChI is InChI=1S/C17H20ClNO/c1-4-15(13-8-6-5-7-9-13)19-16-10-12(2)14(18)11-17(16)20-3/h5-11,15,19H,4H2,1-3H3. The van der Waals surface area contributed by atoms with Gasteiger partial charge in [-0.3, -0.25) is 0 Å². The van der Waals surface area contributed by atoms with Gasteiger partial charge in [-0.2, -0.15) is 0 Å². The molecule has 0 saturated carbocycles. The van der Waals surface area contributed by atoms with Gasteiger partial charge in [-0.25, -0.2) is 0 Å². The molecule has 1 unspecified atom stereocenters. The second kappa shape index (κ2) is 6.67. The summed E-state index contributed by atoms with van der Waals surface area (Å²) in [7, 11) is 1.66. The van der Waals surface area contributed by atoms with E-state index in [2.05, 4.69) is 36.5 Å². The lowest BCUT2D eigenvalue weighted by molar-refractivity contribution is 0.416. The summed E-state index contributed by atoms with van der Waals surface area (Å²) in [6, 6.07) is 14.6. The highest BCUT2D eigenvalue weighted by Crippen LogP contribution is 2.34. The number of methoxy groups -OCH3 is 1. The fourth-order valence-electron chi connectivity index (χ4n) is 2.24. The van der Waals surface area contributed by atoms with Crippen LogP contribution in [-0.2, 0) is 0 Å². The van der Waals surface area contributed by atoms with E-state index in [9.17, 15) is 0 Å². The molecule has 0 saturated heterocycles. The lowest BCUT2D eigenvalue weighted by Gasteiger charge is -2.21. The first-order valence-electron chi connectivity index (χ1n) is 6.81. The predicted octanol–water partition coefficient (Wildman–Crippen LogP) is 5.22. The first-order valence-corrected chi connectivity index (χ1v) is 7.19. The SMILES string of the molecule is CCC(Nc1cc(C)c(Cl)cc1OC)c1ccccc1. The second-order valence-electron chi connectivity index (χ2n) is 4.82. The molecule has 1 atom stereocenters. The fraction of sp³-hybridized carbons (Fsp3) is 0.294. The summed E-state index contributed by atoms with van der Waals surface area (Å²) in [5.41, 5.74) is 3.28. The van der Waals surface area contributed by atoms with Crippen molar-refractivity contribution in [2.75, 3.05) is 12.4 Å². The van der Waals surface area contributed by atoms with Gasteiger partial charge in [-0.15, -0.1) is 0 Å². The van der Waals surface area contributed by atoms with Gasteiger partial charge in [0, 0.05) is 11.1 Å². The van der Waals surface area contributed by atoms with Crippen molar-refractivity contribution in [3.05, 3.63) is 58.6 Å². The van der Waals surface area contributed by atoms with Crippen molar-refractivity contribution < 1.29 is 4.74 Å². The van der Waals surface area contributed by atoms with Gasteiger partial charge in [0.25, 0.3) is 0 Å². The summed E-state index contributed by atoms with van der Waals surface area (Å²) in [5, 5.41) is 4.27. The van der Waals surface area contributed by atoms with Gasteiger partial charge >= 0.3 is 0 Å². The summed E-state index contributed by atoms with van der Waals surface area (Å²) in [6.45, 7) is 4.16. The van der Waals surface area contributed by atoms with Gasteiger partial charge in [-0.1, -0.05) is 48.9 Å². The van der Waals surface area contributed by atoms with E-state index in [4.69, 9.17) is 16.3 Å². The number of anilines is 1. The lowest BCUT2D eigenvalue weighted by Crippen LogP contribution is -2.10. The number of hydrogen-bond acceptors (Lipinski definition) is 2. The largest absolute Gasteiger partial charge is 0.495 e. The zero-order valence-corrected chi connectivity index (χ0v) is 12.9. The van der Waals surface area contributed by atoms with Crippen LogP contribution in [0.25, 0.3) is 0 Å². The number of benzene rings is 2. The highest BCUT2D eigenvalue weighted by atomic mass is 35.5.